The van der Waals surface area contributed by atoms with E-state index in [1.807, 2.05) is 11.8 Å². The molecule has 0 spiro atoms. The van der Waals surface area contributed by atoms with E-state index in [-0.39, 0.29) is 11.9 Å². The Morgan fingerprint density at radius 3 is 2.58 bits per heavy atom. The Morgan fingerprint density at radius 1 is 1.21 bits per heavy atom. The van der Waals surface area contributed by atoms with Crippen molar-refractivity contribution in [3.63, 3.8) is 0 Å². The number of hydrogen-bond acceptors (Lipinski definition) is 3. The summed E-state index contributed by atoms with van der Waals surface area (Å²) in [5.41, 5.74) is 0. The van der Waals surface area contributed by atoms with Gasteiger partial charge in [0.1, 0.15) is 0 Å². The summed E-state index contributed by atoms with van der Waals surface area (Å²) in [6.45, 7) is 6.10. The predicted octanol–water partition coefficient (Wildman–Crippen LogP) is 1.46. The van der Waals surface area contributed by atoms with Crippen molar-refractivity contribution in [3.05, 3.63) is 0 Å². The smallest absolute Gasteiger partial charge is 0.239 e. The van der Waals surface area contributed by atoms with E-state index in [0.717, 1.165) is 26.1 Å². The molecule has 1 N–H and O–H groups in total. The van der Waals surface area contributed by atoms with Crippen LogP contribution >= 0.6 is 0 Å². The van der Waals surface area contributed by atoms with Crippen LogP contribution in [0.15, 0.2) is 0 Å². The van der Waals surface area contributed by atoms with E-state index in [1.54, 1.807) is 0 Å². The van der Waals surface area contributed by atoms with Gasteiger partial charge in [-0.15, -0.1) is 0 Å². The molecular formula is C15H29N3O. The number of hydrogen-bond donors (Lipinski definition) is 1. The maximum atomic E-state index is 12.1. The predicted molar refractivity (Wildman–Crippen MR) is 78.2 cm³/mol. The molecule has 0 bridgehead atoms. The van der Waals surface area contributed by atoms with Crippen molar-refractivity contribution in [2.75, 3.05) is 33.2 Å². The van der Waals surface area contributed by atoms with E-state index < -0.39 is 0 Å². The zero-order valence-electron chi connectivity index (χ0n) is 12.5. The third-order valence-corrected chi connectivity index (χ3v) is 4.64. The first-order valence-corrected chi connectivity index (χ1v) is 7.91. The molecule has 4 nitrogen and oxygen atoms in total. The van der Waals surface area contributed by atoms with Crippen LogP contribution in [0.2, 0.25) is 0 Å². The highest BCUT2D eigenvalue weighted by Crippen LogP contribution is 2.17. The lowest BCUT2D eigenvalue weighted by Gasteiger charge is -2.33. The Morgan fingerprint density at radius 2 is 1.89 bits per heavy atom. The molecule has 2 atom stereocenters. The maximum absolute atomic E-state index is 12.1. The molecule has 0 aromatic rings. The summed E-state index contributed by atoms with van der Waals surface area (Å²) in [6.07, 6.45) is 7.51. The van der Waals surface area contributed by atoms with Crippen LogP contribution < -0.4 is 5.32 Å². The molecule has 2 heterocycles. The molecule has 2 aliphatic heterocycles. The molecule has 2 saturated heterocycles. The highest BCUT2D eigenvalue weighted by atomic mass is 16.2. The average molecular weight is 267 g/mol. The Kier molecular flexibility index (Phi) is 5.64. The number of nitrogens with zero attached hydrogens (tertiary/aromatic N) is 2. The van der Waals surface area contributed by atoms with Crippen LogP contribution in [-0.4, -0.2) is 61.0 Å². The van der Waals surface area contributed by atoms with E-state index in [9.17, 15) is 4.79 Å². The van der Waals surface area contributed by atoms with Crippen LogP contribution in [0.5, 0.6) is 0 Å². The minimum Gasteiger partial charge on any atom is -0.341 e. The molecule has 4 heteroatoms. The first-order chi connectivity index (χ1) is 9.18. The van der Waals surface area contributed by atoms with Crippen LogP contribution in [0.4, 0.5) is 0 Å². The van der Waals surface area contributed by atoms with E-state index in [0.29, 0.717) is 6.04 Å². The van der Waals surface area contributed by atoms with Gasteiger partial charge in [0.05, 0.1) is 6.04 Å². The van der Waals surface area contributed by atoms with Gasteiger partial charge >= 0.3 is 0 Å². The number of nitrogens with one attached hydrogen (secondary N) is 1. The third-order valence-electron chi connectivity index (χ3n) is 4.64. The topological polar surface area (TPSA) is 35.6 Å². The Hall–Kier alpha value is -0.610. The van der Waals surface area contributed by atoms with Gasteiger partial charge in [0, 0.05) is 19.1 Å². The van der Waals surface area contributed by atoms with Gasteiger partial charge in [-0.05, 0) is 59.2 Å². The van der Waals surface area contributed by atoms with Crippen molar-refractivity contribution in [3.8, 4) is 0 Å². The quantitative estimate of drug-likeness (QED) is 0.819. The van der Waals surface area contributed by atoms with E-state index in [4.69, 9.17) is 0 Å². The highest BCUT2D eigenvalue weighted by molar-refractivity contribution is 5.81. The molecule has 2 unspecified atom stereocenters. The molecule has 1 amide bonds. The lowest BCUT2D eigenvalue weighted by atomic mass is 10.00. The molecule has 2 aliphatic rings. The lowest BCUT2D eigenvalue weighted by Crippen LogP contribution is -2.45. The normalized spacial score (nSPS) is 26.6. The molecule has 2 rings (SSSR count). The SMILES string of the molecule is CC(NCCC1CCCCN1C)C(=O)N1CCCC1. The molecule has 0 saturated carbocycles. The number of carbonyl (C=O) groups is 1. The van der Waals surface area contributed by atoms with Crippen molar-refractivity contribution in [1.82, 2.24) is 15.1 Å². The fourth-order valence-electron chi connectivity index (χ4n) is 3.27. The molecule has 2 fully saturated rings. The summed E-state index contributed by atoms with van der Waals surface area (Å²) < 4.78 is 0. The summed E-state index contributed by atoms with van der Waals surface area (Å²) in [5.74, 6) is 0.287. The highest BCUT2D eigenvalue weighted by Gasteiger charge is 2.23. The van der Waals surface area contributed by atoms with Gasteiger partial charge in [0.2, 0.25) is 5.91 Å². The minimum atomic E-state index is -0.0213. The first kappa shape index (κ1) is 14.8. The summed E-state index contributed by atoms with van der Waals surface area (Å²) >= 11 is 0. The van der Waals surface area contributed by atoms with Crippen LogP contribution in [0.1, 0.15) is 45.4 Å². The molecule has 0 aromatic heterocycles. The van der Waals surface area contributed by atoms with Gasteiger partial charge < -0.3 is 15.1 Å². The Bertz CT molecular complexity index is 289. The van der Waals surface area contributed by atoms with Crippen molar-refractivity contribution in [2.24, 2.45) is 0 Å². The monoisotopic (exact) mass is 267 g/mol. The Balaban J connectivity index is 1.65. The van der Waals surface area contributed by atoms with Crippen LogP contribution in [-0.2, 0) is 4.79 Å². The zero-order valence-corrected chi connectivity index (χ0v) is 12.5. The number of likely N-dealkylation sites (tertiary alicyclic amines) is 2. The second-order valence-electron chi connectivity index (χ2n) is 6.13. The van der Waals surface area contributed by atoms with E-state index >= 15 is 0 Å². The van der Waals surface area contributed by atoms with Gasteiger partial charge in [0.25, 0.3) is 0 Å². The fraction of sp³-hybridized carbons (Fsp3) is 0.933. The standard InChI is InChI=1S/C15H29N3O/c1-13(15(19)18-11-5-6-12-18)16-9-8-14-7-3-4-10-17(14)2/h13-14,16H,3-12H2,1-2H3. The molecule has 19 heavy (non-hydrogen) atoms. The molecule has 0 aliphatic carbocycles. The van der Waals surface area contributed by atoms with Gasteiger partial charge in [-0.3, -0.25) is 4.79 Å². The number of rotatable bonds is 5. The summed E-state index contributed by atoms with van der Waals surface area (Å²) in [4.78, 5) is 16.6. The van der Waals surface area contributed by atoms with E-state index in [1.165, 1.54) is 38.6 Å². The van der Waals surface area contributed by atoms with Crippen molar-refractivity contribution >= 4 is 5.91 Å². The van der Waals surface area contributed by atoms with Crippen molar-refractivity contribution in [2.45, 2.75) is 57.5 Å². The maximum Gasteiger partial charge on any atom is 0.239 e. The number of amides is 1. The second kappa shape index (κ2) is 7.25. The molecular weight excluding hydrogens is 238 g/mol. The second-order valence-corrected chi connectivity index (χ2v) is 6.13. The van der Waals surface area contributed by atoms with Crippen LogP contribution in [0.3, 0.4) is 0 Å². The number of piperidine rings is 1. The fourth-order valence-corrected chi connectivity index (χ4v) is 3.27. The van der Waals surface area contributed by atoms with Crippen molar-refractivity contribution in [1.29, 1.82) is 0 Å². The summed E-state index contributed by atoms with van der Waals surface area (Å²) in [7, 11) is 2.22. The zero-order chi connectivity index (χ0) is 13.7. The van der Waals surface area contributed by atoms with Gasteiger partial charge in [-0.25, -0.2) is 0 Å². The molecule has 0 aromatic carbocycles. The van der Waals surface area contributed by atoms with Crippen LogP contribution in [0.25, 0.3) is 0 Å². The minimum absolute atomic E-state index is 0.0213. The molecule has 110 valence electrons. The van der Waals surface area contributed by atoms with Gasteiger partial charge in [0.15, 0.2) is 0 Å². The molecule has 0 radical (unpaired) electrons. The first-order valence-electron chi connectivity index (χ1n) is 7.91. The van der Waals surface area contributed by atoms with E-state index in [2.05, 4.69) is 17.3 Å². The lowest BCUT2D eigenvalue weighted by molar-refractivity contribution is -0.131. The average Bonchev–Trinajstić information content (AvgIpc) is 2.94. The number of carbonyl (C=O) groups excluding carboxylic acids is 1. The van der Waals surface area contributed by atoms with Crippen molar-refractivity contribution < 1.29 is 4.79 Å². The third kappa shape index (κ3) is 4.18. The van der Waals surface area contributed by atoms with Crippen LogP contribution in [0, 0.1) is 0 Å². The largest absolute Gasteiger partial charge is 0.341 e. The van der Waals surface area contributed by atoms with Gasteiger partial charge in [-0.1, -0.05) is 6.42 Å². The summed E-state index contributed by atoms with van der Waals surface area (Å²) in [6, 6.07) is 0.683. The van der Waals surface area contributed by atoms with Gasteiger partial charge in [-0.2, -0.15) is 0 Å². The Labute approximate surface area is 117 Å². The summed E-state index contributed by atoms with van der Waals surface area (Å²) in [5, 5.41) is 3.41.